The molecule has 0 N–H and O–H groups in total. The van der Waals surface area contributed by atoms with Crippen LogP contribution in [0.5, 0.6) is 0 Å². The molecule has 2 aliphatic rings. The van der Waals surface area contributed by atoms with Gasteiger partial charge in [-0.25, -0.2) is 4.98 Å². The summed E-state index contributed by atoms with van der Waals surface area (Å²) in [6, 6.07) is 8.97. The van der Waals surface area contributed by atoms with Crippen LogP contribution in [-0.2, 0) is 11.3 Å². The quantitative estimate of drug-likeness (QED) is 0.763. The van der Waals surface area contributed by atoms with Crippen molar-refractivity contribution in [2.24, 2.45) is 5.41 Å². The number of carbonyl (C=O) groups is 2. The Kier molecular flexibility index (Phi) is 4.83. The van der Waals surface area contributed by atoms with Crippen LogP contribution in [-0.4, -0.2) is 51.2 Å². The summed E-state index contributed by atoms with van der Waals surface area (Å²) in [4.78, 5) is 37.1. The normalized spacial score (nSPS) is 18.9. The summed E-state index contributed by atoms with van der Waals surface area (Å²) in [7, 11) is 0. The van der Waals surface area contributed by atoms with Gasteiger partial charge in [0.1, 0.15) is 10.8 Å². The average molecular weight is 385 g/mol. The Labute approximate surface area is 163 Å². The zero-order chi connectivity index (χ0) is 18.9. The first kappa shape index (κ1) is 17.9. The predicted molar refractivity (Wildman–Crippen MR) is 101 cm³/mol. The zero-order valence-corrected chi connectivity index (χ0v) is 15.7. The predicted octanol–water partition coefficient (Wildman–Crippen LogP) is 2.78. The number of piperidine rings is 1. The van der Waals surface area contributed by atoms with E-state index in [2.05, 4.69) is 9.97 Å². The molecule has 0 aliphatic carbocycles. The van der Waals surface area contributed by atoms with Gasteiger partial charge < -0.3 is 9.80 Å². The molecule has 27 heavy (non-hydrogen) atoms. The summed E-state index contributed by atoms with van der Waals surface area (Å²) in [6.07, 6.45) is 5.73. The molecule has 2 aromatic rings. The highest BCUT2D eigenvalue weighted by Gasteiger charge is 2.45. The van der Waals surface area contributed by atoms with Crippen molar-refractivity contribution in [2.45, 2.75) is 25.8 Å². The van der Waals surface area contributed by atoms with Gasteiger partial charge in [0, 0.05) is 50.4 Å². The van der Waals surface area contributed by atoms with E-state index >= 15 is 0 Å². The highest BCUT2D eigenvalue weighted by molar-refractivity contribution is 6.29. The molecule has 0 bridgehead atoms. The van der Waals surface area contributed by atoms with Gasteiger partial charge >= 0.3 is 0 Å². The zero-order valence-electron chi connectivity index (χ0n) is 15.0. The van der Waals surface area contributed by atoms with E-state index in [9.17, 15) is 9.59 Å². The summed E-state index contributed by atoms with van der Waals surface area (Å²) < 4.78 is 0. The molecule has 0 atom stereocenters. The van der Waals surface area contributed by atoms with E-state index in [1.54, 1.807) is 30.6 Å². The summed E-state index contributed by atoms with van der Waals surface area (Å²) in [6.45, 7) is 2.66. The van der Waals surface area contributed by atoms with Gasteiger partial charge in [0.05, 0.1) is 0 Å². The van der Waals surface area contributed by atoms with E-state index in [1.165, 1.54) is 0 Å². The van der Waals surface area contributed by atoms with E-state index in [4.69, 9.17) is 11.6 Å². The lowest BCUT2D eigenvalue weighted by molar-refractivity contribution is -0.128. The van der Waals surface area contributed by atoms with Crippen molar-refractivity contribution < 1.29 is 9.59 Å². The lowest BCUT2D eigenvalue weighted by Gasteiger charge is -2.38. The van der Waals surface area contributed by atoms with Crippen LogP contribution < -0.4 is 0 Å². The summed E-state index contributed by atoms with van der Waals surface area (Å²) in [5.41, 5.74) is 1.44. The molecule has 0 unspecified atom stereocenters. The Balaban J connectivity index is 1.38. The standard InChI is InChI=1S/C20H21ClN4O2/c21-17-3-1-2-16(23-17)19(27)24-10-6-20(7-11-24)12-18(26)25(14-20)13-15-4-8-22-9-5-15/h1-5,8-9H,6-7,10-14H2. The van der Waals surface area contributed by atoms with Crippen molar-refractivity contribution in [2.75, 3.05) is 19.6 Å². The van der Waals surface area contributed by atoms with Gasteiger partial charge in [-0.2, -0.15) is 0 Å². The second-order valence-corrected chi connectivity index (χ2v) is 7.81. The number of carbonyl (C=O) groups excluding carboxylic acids is 2. The van der Waals surface area contributed by atoms with Gasteiger partial charge in [-0.05, 0) is 42.7 Å². The number of amides is 2. The van der Waals surface area contributed by atoms with E-state index in [-0.39, 0.29) is 17.2 Å². The van der Waals surface area contributed by atoms with Crippen LogP contribution in [0.1, 0.15) is 35.3 Å². The number of halogens is 1. The van der Waals surface area contributed by atoms with Crippen LogP contribution in [0.2, 0.25) is 5.15 Å². The maximum atomic E-state index is 12.6. The number of pyridine rings is 2. The third kappa shape index (κ3) is 3.81. The molecule has 4 heterocycles. The Hall–Kier alpha value is -2.47. The van der Waals surface area contributed by atoms with Gasteiger partial charge in [0.15, 0.2) is 0 Å². The highest BCUT2D eigenvalue weighted by Crippen LogP contribution is 2.41. The molecule has 2 aromatic heterocycles. The summed E-state index contributed by atoms with van der Waals surface area (Å²) in [5, 5.41) is 0.322. The first-order valence-electron chi connectivity index (χ1n) is 9.13. The largest absolute Gasteiger partial charge is 0.338 e. The first-order valence-corrected chi connectivity index (χ1v) is 9.51. The molecule has 6 nitrogen and oxygen atoms in total. The van der Waals surface area contributed by atoms with E-state index in [0.717, 1.165) is 24.9 Å². The molecule has 1 spiro atoms. The Bertz CT molecular complexity index is 850. The SMILES string of the molecule is O=C1CC2(CCN(C(=O)c3cccc(Cl)n3)CC2)CN1Cc1ccncc1. The number of hydrogen-bond donors (Lipinski definition) is 0. The van der Waals surface area contributed by atoms with Crippen molar-refractivity contribution in [1.82, 2.24) is 19.8 Å². The van der Waals surface area contributed by atoms with E-state index in [1.807, 2.05) is 21.9 Å². The molecule has 140 valence electrons. The second kappa shape index (κ2) is 7.27. The molecule has 2 aliphatic heterocycles. The fourth-order valence-corrected chi connectivity index (χ4v) is 4.21. The number of likely N-dealkylation sites (tertiary alicyclic amines) is 2. The molecule has 0 saturated carbocycles. The third-order valence-electron chi connectivity index (χ3n) is 5.57. The molecule has 0 radical (unpaired) electrons. The lowest BCUT2D eigenvalue weighted by Crippen LogP contribution is -2.44. The number of nitrogens with zero attached hydrogens (tertiary/aromatic N) is 4. The van der Waals surface area contributed by atoms with Crippen LogP contribution in [0.4, 0.5) is 0 Å². The van der Waals surface area contributed by atoms with Crippen LogP contribution in [0.15, 0.2) is 42.7 Å². The van der Waals surface area contributed by atoms with Crippen molar-refractivity contribution in [1.29, 1.82) is 0 Å². The van der Waals surface area contributed by atoms with Gasteiger partial charge in [0.25, 0.3) is 5.91 Å². The Morgan fingerprint density at radius 1 is 1.15 bits per heavy atom. The van der Waals surface area contributed by atoms with Crippen molar-refractivity contribution in [3.05, 3.63) is 59.1 Å². The smallest absolute Gasteiger partial charge is 0.272 e. The summed E-state index contributed by atoms with van der Waals surface area (Å²) in [5.74, 6) is 0.105. The number of aromatic nitrogens is 2. The molecule has 2 saturated heterocycles. The molecule has 7 heteroatoms. The maximum Gasteiger partial charge on any atom is 0.272 e. The van der Waals surface area contributed by atoms with E-state index < -0.39 is 0 Å². The van der Waals surface area contributed by atoms with Crippen LogP contribution >= 0.6 is 11.6 Å². The molecular formula is C20H21ClN4O2. The van der Waals surface area contributed by atoms with Gasteiger partial charge in [-0.3, -0.25) is 14.6 Å². The van der Waals surface area contributed by atoms with Gasteiger partial charge in [0.2, 0.25) is 5.91 Å². The minimum Gasteiger partial charge on any atom is -0.338 e. The van der Waals surface area contributed by atoms with Gasteiger partial charge in [-0.1, -0.05) is 17.7 Å². The fourth-order valence-electron chi connectivity index (χ4n) is 4.04. The average Bonchev–Trinajstić information content (AvgIpc) is 2.97. The molecular weight excluding hydrogens is 364 g/mol. The minimum absolute atomic E-state index is 0.0251. The van der Waals surface area contributed by atoms with Crippen LogP contribution in [0, 0.1) is 5.41 Å². The second-order valence-electron chi connectivity index (χ2n) is 7.42. The van der Waals surface area contributed by atoms with Crippen LogP contribution in [0.3, 0.4) is 0 Å². The molecule has 4 rings (SSSR count). The van der Waals surface area contributed by atoms with Crippen molar-refractivity contribution in [3.63, 3.8) is 0 Å². The Morgan fingerprint density at radius 2 is 1.89 bits per heavy atom. The Morgan fingerprint density at radius 3 is 2.59 bits per heavy atom. The molecule has 0 aromatic carbocycles. The lowest BCUT2D eigenvalue weighted by atomic mass is 9.77. The molecule has 2 fully saturated rings. The van der Waals surface area contributed by atoms with Crippen molar-refractivity contribution >= 4 is 23.4 Å². The maximum absolute atomic E-state index is 12.6. The topological polar surface area (TPSA) is 66.4 Å². The monoisotopic (exact) mass is 384 g/mol. The number of rotatable bonds is 3. The third-order valence-corrected chi connectivity index (χ3v) is 5.78. The minimum atomic E-state index is -0.0923. The van der Waals surface area contributed by atoms with Gasteiger partial charge in [-0.15, -0.1) is 0 Å². The van der Waals surface area contributed by atoms with Crippen LogP contribution in [0.25, 0.3) is 0 Å². The highest BCUT2D eigenvalue weighted by atomic mass is 35.5. The summed E-state index contributed by atoms with van der Waals surface area (Å²) >= 11 is 5.90. The number of hydrogen-bond acceptors (Lipinski definition) is 4. The van der Waals surface area contributed by atoms with E-state index in [0.29, 0.717) is 36.9 Å². The first-order chi connectivity index (χ1) is 13.0. The fraction of sp³-hybridized carbons (Fsp3) is 0.400. The van der Waals surface area contributed by atoms with Crippen molar-refractivity contribution in [3.8, 4) is 0 Å². The molecule has 2 amide bonds.